The largest absolute Gasteiger partial charge is 0.486 e. The Hall–Kier alpha value is -1.80. The van der Waals surface area contributed by atoms with Gasteiger partial charge >= 0.3 is 0 Å². The quantitative estimate of drug-likeness (QED) is 0.822. The normalized spacial score (nSPS) is 19.2. The molecule has 2 heterocycles. The number of piperidine rings is 1. The van der Waals surface area contributed by atoms with Crippen molar-refractivity contribution in [2.24, 2.45) is 11.7 Å². The standard InChI is InChI=1S/C18H26N2O5S/c1-13(19)14-4-7-20(8-5-14)18(21)6-11-26(22,23)15-2-3-16-17(12-15)25-10-9-24-16/h2-3,12-14H,4-11,19H2,1H3. The Morgan fingerprint density at radius 3 is 2.54 bits per heavy atom. The van der Waals surface area contributed by atoms with Crippen LogP contribution in [-0.4, -0.2) is 57.3 Å². The third kappa shape index (κ3) is 4.29. The number of carbonyl (C=O) groups is 1. The molecule has 8 heteroatoms. The number of fused-ring (bicyclic) bond motifs is 1. The first-order valence-corrected chi connectivity index (χ1v) is 10.7. The highest BCUT2D eigenvalue weighted by Gasteiger charge is 2.26. The van der Waals surface area contributed by atoms with Gasteiger partial charge in [0, 0.05) is 31.6 Å². The van der Waals surface area contributed by atoms with Crippen molar-refractivity contribution in [2.45, 2.75) is 37.1 Å². The number of amides is 1. The second-order valence-corrected chi connectivity index (χ2v) is 9.06. The van der Waals surface area contributed by atoms with Gasteiger partial charge in [-0.1, -0.05) is 0 Å². The SMILES string of the molecule is CC(N)C1CCN(C(=O)CCS(=O)(=O)c2ccc3c(c2)OCCO3)CC1. The third-order valence-corrected chi connectivity index (χ3v) is 6.81. The average Bonchev–Trinajstić information content (AvgIpc) is 2.65. The second kappa shape index (κ2) is 7.84. The summed E-state index contributed by atoms with van der Waals surface area (Å²) in [5.41, 5.74) is 5.92. The maximum Gasteiger partial charge on any atom is 0.223 e. The number of likely N-dealkylation sites (tertiary alicyclic amines) is 1. The maximum atomic E-state index is 12.6. The summed E-state index contributed by atoms with van der Waals surface area (Å²) in [4.78, 5) is 14.3. The molecule has 0 aliphatic carbocycles. The summed E-state index contributed by atoms with van der Waals surface area (Å²) in [5, 5.41) is 0. The lowest BCUT2D eigenvalue weighted by Gasteiger charge is -2.33. The molecule has 0 saturated carbocycles. The third-order valence-electron chi connectivity index (χ3n) is 5.09. The minimum Gasteiger partial charge on any atom is -0.486 e. The number of rotatable bonds is 5. The highest BCUT2D eigenvalue weighted by atomic mass is 32.2. The minimum absolute atomic E-state index is 0.0143. The molecule has 2 aliphatic rings. The number of hydrogen-bond donors (Lipinski definition) is 1. The zero-order valence-electron chi connectivity index (χ0n) is 15.0. The summed E-state index contributed by atoms with van der Waals surface area (Å²) in [5.74, 6) is 1.08. The van der Waals surface area contributed by atoms with Crippen molar-refractivity contribution in [1.29, 1.82) is 0 Å². The lowest BCUT2D eigenvalue weighted by molar-refractivity contribution is -0.132. The van der Waals surface area contributed by atoms with E-state index in [1.54, 1.807) is 11.0 Å². The van der Waals surface area contributed by atoms with Gasteiger partial charge in [0.05, 0.1) is 10.6 Å². The number of benzene rings is 1. The van der Waals surface area contributed by atoms with E-state index in [1.807, 2.05) is 6.92 Å². The van der Waals surface area contributed by atoms with Gasteiger partial charge in [0.15, 0.2) is 21.3 Å². The number of carbonyl (C=O) groups excluding carboxylic acids is 1. The van der Waals surface area contributed by atoms with Gasteiger partial charge in [0.25, 0.3) is 0 Å². The molecule has 1 unspecified atom stereocenters. The molecule has 1 amide bonds. The van der Waals surface area contributed by atoms with Gasteiger partial charge in [-0.25, -0.2) is 8.42 Å². The molecule has 1 atom stereocenters. The lowest BCUT2D eigenvalue weighted by Crippen LogP contribution is -2.42. The van der Waals surface area contributed by atoms with E-state index in [0.29, 0.717) is 43.7 Å². The van der Waals surface area contributed by atoms with Crippen molar-refractivity contribution >= 4 is 15.7 Å². The van der Waals surface area contributed by atoms with Gasteiger partial charge in [0.2, 0.25) is 5.91 Å². The van der Waals surface area contributed by atoms with Crippen molar-refractivity contribution in [1.82, 2.24) is 4.90 Å². The molecule has 1 aromatic carbocycles. The van der Waals surface area contributed by atoms with Crippen molar-refractivity contribution in [3.05, 3.63) is 18.2 Å². The highest BCUT2D eigenvalue weighted by Crippen LogP contribution is 2.32. The molecule has 3 rings (SSSR count). The molecular weight excluding hydrogens is 356 g/mol. The van der Waals surface area contributed by atoms with E-state index in [2.05, 4.69) is 0 Å². The van der Waals surface area contributed by atoms with E-state index in [1.165, 1.54) is 12.1 Å². The van der Waals surface area contributed by atoms with Crippen LogP contribution in [0, 0.1) is 5.92 Å². The number of ether oxygens (including phenoxy) is 2. The Balaban J connectivity index is 1.57. The van der Waals surface area contributed by atoms with Crippen LogP contribution >= 0.6 is 0 Å². The molecule has 2 N–H and O–H groups in total. The summed E-state index contributed by atoms with van der Waals surface area (Å²) in [6.45, 7) is 4.13. The molecule has 0 aromatic heterocycles. The van der Waals surface area contributed by atoms with Gasteiger partial charge in [-0.2, -0.15) is 0 Å². The molecule has 2 aliphatic heterocycles. The second-order valence-electron chi connectivity index (χ2n) is 6.95. The summed E-state index contributed by atoms with van der Waals surface area (Å²) in [6, 6.07) is 4.70. The maximum absolute atomic E-state index is 12.6. The number of nitrogens with zero attached hydrogens (tertiary/aromatic N) is 1. The summed E-state index contributed by atoms with van der Waals surface area (Å²) in [7, 11) is -3.55. The van der Waals surface area contributed by atoms with Gasteiger partial charge in [-0.05, 0) is 37.8 Å². The topological polar surface area (TPSA) is 98.9 Å². The fourth-order valence-corrected chi connectivity index (χ4v) is 4.63. The fourth-order valence-electron chi connectivity index (χ4n) is 3.39. The molecule has 0 radical (unpaired) electrons. The summed E-state index contributed by atoms with van der Waals surface area (Å²) in [6.07, 6.45) is 1.73. The molecule has 1 aromatic rings. The van der Waals surface area contributed by atoms with E-state index >= 15 is 0 Å². The van der Waals surface area contributed by atoms with Crippen molar-refractivity contribution in [3.63, 3.8) is 0 Å². The fraction of sp³-hybridized carbons (Fsp3) is 0.611. The van der Waals surface area contributed by atoms with Crippen LogP contribution in [0.15, 0.2) is 23.1 Å². The number of nitrogens with two attached hydrogens (primary N) is 1. The van der Waals surface area contributed by atoms with Crippen molar-refractivity contribution < 1.29 is 22.7 Å². The lowest BCUT2D eigenvalue weighted by atomic mass is 9.91. The van der Waals surface area contributed by atoms with E-state index < -0.39 is 9.84 Å². The molecule has 26 heavy (non-hydrogen) atoms. The smallest absolute Gasteiger partial charge is 0.223 e. The molecule has 1 fully saturated rings. The van der Waals surface area contributed by atoms with Crippen LogP contribution in [0.3, 0.4) is 0 Å². The van der Waals surface area contributed by atoms with Gasteiger partial charge < -0.3 is 20.1 Å². The van der Waals surface area contributed by atoms with Gasteiger partial charge in [-0.15, -0.1) is 0 Å². The molecular formula is C18H26N2O5S. The molecule has 7 nitrogen and oxygen atoms in total. The van der Waals surface area contributed by atoms with Crippen LogP contribution in [0.5, 0.6) is 11.5 Å². The summed E-state index contributed by atoms with van der Waals surface area (Å²) >= 11 is 0. The molecule has 144 valence electrons. The molecule has 1 saturated heterocycles. The van der Waals surface area contributed by atoms with Crippen molar-refractivity contribution in [2.75, 3.05) is 32.1 Å². The Morgan fingerprint density at radius 1 is 1.23 bits per heavy atom. The average molecular weight is 382 g/mol. The number of hydrogen-bond acceptors (Lipinski definition) is 6. The van der Waals surface area contributed by atoms with E-state index in [4.69, 9.17) is 15.2 Å². The zero-order chi connectivity index (χ0) is 18.7. The van der Waals surface area contributed by atoms with E-state index in [9.17, 15) is 13.2 Å². The van der Waals surface area contributed by atoms with E-state index in [0.717, 1.165) is 12.8 Å². The van der Waals surface area contributed by atoms with E-state index in [-0.39, 0.29) is 29.0 Å². The predicted octanol–water partition coefficient (Wildman–Crippen LogP) is 1.21. The first-order valence-electron chi connectivity index (χ1n) is 9.02. The molecule has 0 bridgehead atoms. The van der Waals surface area contributed by atoms with Crippen LogP contribution in [0.1, 0.15) is 26.2 Å². The first-order chi connectivity index (χ1) is 12.4. The minimum atomic E-state index is -3.55. The monoisotopic (exact) mass is 382 g/mol. The Morgan fingerprint density at radius 2 is 1.88 bits per heavy atom. The van der Waals surface area contributed by atoms with Crippen LogP contribution in [0.4, 0.5) is 0 Å². The van der Waals surface area contributed by atoms with Crippen LogP contribution < -0.4 is 15.2 Å². The zero-order valence-corrected chi connectivity index (χ0v) is 15.8. The van der Waals surface area contributed by atoms with Gasteiger partial charge in [0.1, 0.15) is 13.2 Å². The number of sulfone groups is 1. The van der Waals surface area contributed by atoms with Crippen LogP contribution in [0.25, 0.3) is 0 Å². The van der Waals surface area contributed by atoms with Gasteiger partial charge in [-0.3, -0.25) is 4.79 Å². The summed E-state index contributed by atoms with van der Waals surface area (Å²) < 4.78 is 36.0. The first kappa shape index (κ1) is 19.0. The Kier molecular flexibility index (Phi) is 5.72. The van der Waals surface area contributed by atoms with Crippen LogP contribution in [0.2, 0.25) is 0 Å². The van der Waals surface area contributed by atoms with Crippen LogP contribution in [-0.2, 0) is 14.6 Å². The highest BCUT2D eigenvalue weighted by molar-refractivity contribution is 7.91. The van der Waals surface area contributed by atoms with Crippen molar-refractivity contribution in [3.8, 4) is 11.5 Å². The Labute approximate surface area is 154 Å². The Bertz CT molecular complexity index is 755. The molecule has 0 spiro atoms. The predicted molar refractivity (Wildman–Crippen MR) is 97.1 cm³/mol.